The summed E-state index contributed by atoms with van der Waals surface area (Å²) in [6, 6.07) is 13.2. The number of fused-ring (bicyclic) bond motifs is 1. The molecule has 3 aromatic heterocycles. The highest BCUT2D eigenvalue weighted by atomic mass is 35.5. The Balaban J connectivity index is 1.56. The molecule has 0 fully saturated rings. The highest BCUT2D eigenvalue weighted by Crippen LogP contribution is 2.29. The molecule has 0 aliphatic carbocycles. The predicted octanol–water partition coefficient (Wildman–Crippen LogP) is 4.42. The van der Waals surface area contributed by atoms with Crippen LogP contribution in [0.5, 0.6) is 5.75 Å². The van der Waals surface area contributed by atoms with Crippen molar-refractivity contribution in [2.45, 2.75) is 6.54 Å². The number of ether oxygens (including phenoxy) is 1. The molecule has 5 aromatic rings. The fourth-order valence-corrected chi connectivity index (χ4v) is 3.58. The number of benzene rings is 2. The third-order valence-corrected chi connectivity index (χ3v) is 5.26. The minimum absolute atomic E-state index is 0.126. The summed E-state index contributed by atoms with van der Waals surface area (Å²) in [4.78, 5) is 25.7. The summed E-state index contributed by atoms with van der Waals surface area (Å²) in [5.41, 5.74) is 2.77. The van der Waals surface area contributed by atoms with Gasteiger partial charge in [0.25, 0.3) is 11.7 Å². The molecule has 9 heteroatoms. The van der Waals surface area contributed by atoms with Gasteiger partial charge in [-0.05, 0) is 35.9 Å². The summed E-state index contributed by atoms with van der Waals surface area (Å²) in [5.74, 6) is 0.324. The number of ketones is 1. The number of nitrogens with zero attached hydrogens (tertiary/aromatic N) is 5. The number of aromatic nitrogens is 5. The van der Waals surface area contributed by atoms with E-state index in [4.69, 9.17) is 20.9 Å². The van der Waals surface area contributed by atoms with Crippen LogP contribution in [-0.2, 0) is 6.54 Å². The molecule has 0 bridgehead atoms. The zero-order chi connectivity index (χ0) is 22.1. The van der Waals surface area contributed by atoms with Gasteiger partial charge in [0.2, 0.25) is 5.82 Å². The smallest absolute Gasteiger partial charge is 0.299 e. The molecule has 2 aromatic carbocycles. The topological polar surface area (TPSA) is 95.9 Å². The lowest BCUT2D eigenvalue weighted by atomic mass is 10.1. The summed E-state index contributed by atoms with van der Waals surface area (Å²) in [5, 5.41) is 5.27. The van der Waals surface area contributed by atoms with Crippen molar-refractivity contribution >= 4 is 28.3 Å². The lowest BCUT2D eigenvalue weighted by Crippen LogP contribution is -2.02. The largest absolute Gasteiger partial charge is 0.497 e. The minimum Gasteiger partial charge on any atom is -0.497 e. The van der Waals surface area contributed by atoms with Crippen LogP contribution in [0.1, 0.15) is 21.8 Å². The van der Waals surface area contributed by atoms with Crippen molar-refractivity contribution in [1.29, 1.82) is 0 Å². The van der Waals surface area contributed by atoms with Crippen LogP contribution in [0.25, 0.3) is 22.4 Å². The van der Waals surface area contributed by atoms with Gasteiger partial charge in [-0.2, -0.15) is 4.98 Å². The van der Waals surface area contributed by atoms with Crippen molar-refractivity contribution in [3.8, 4) is 17.3 Å². The second kappa shape index (κ2) is 8.24. The second-order valence-electron chi connectivity index (χ2n) is 7.02. The Bertz CT molecular complexity index is 1410. The lowest BCUT2D eigenvalue weighted by Gasteiger charge is -2.06. The van der Waals surface area contributed by atoms with Gasteiger partial charge < -0.3 is 13.8 Å². The van der Waals surface area contributed by atoms with Gasteiger partial charge in [-0.3, -0.25) is 9.78 Å². The van der Waals surface area contributed by atoms with Gasteiger partial charge in [0.1, 0.15) is 11.4 Å². The molecule has 32 heavy (non-hydrogen) atoms. The SMILES string of the molecule is COc1ccc2c(c1)c(C(=O)c1nc(-c3cnccn3)no1)cn2Cc1ccc(Cl)cc1. The van der Waals surface area contributed by atoms with Gasteiger partial charge in [-0.15, -0.1) is 0 Å². The van der Waals surface area contributed by atoms with Crippen molar-refractivity contribution in [3.63, 3.8) is 0 Å². The lowest BCUT2D eigenvalue weighted by molar-refractivity contribution is 0.0995. The molecular weight excluding hydrogens is 430 g/mol. The van der Waals surface area contributed by atoms with Crippen LogP contribution < -0.4 is 4.74 Å². The number of halogens is 1. The first-order valence-electron chi connectivity index (χ1n) is 9.68. The zero-order valence-electron chi connectivity index (χ0n) is 16.9. The molecule has 0 amide bonds. The van der Waals surface area contributed by atoms with Crippen LogP contribution in [0.15, 0.2) is 71.8 Å². The molecular formula is C23H16ClN5O3. The van der Waals surface area contributed by atoms with E-state index < -0.39 is 0 Å². The Kier molecular flexibility index (Phi) is 5.12. The van der Waals surface area contributed by atoms with E-state index in [1.165, 1.54) is 12.4 Å². The van der Waals surface area contributed by atoms with E-state index in [-0.39, 0.29) is 17.5 Å². The fourth-order valence-electron chi connectivity index (χ4n) is 3.45. The molecule has 0 saturated carbocycles. The number of hydrogen-bond donors (Lipinski definition) is 0. The third kappa shape index (κ3) is 3.72. The van der Waals surface area contributed by atoms with Gasteiger partial charge in [-0.25, -0.2) is 4.98 Å². The van der Waals surface area contributed by atoms with Gasteiger partial charge in [0.15, 0.2) is 0 Å². The highest BCUT2D eigenvalue weighted by Gasteiger charge is 2.23. The average Bonchev–Trinajstić information content (AvgIpc) is 3.46. The summed E-state index contributed by atoms with van der Waals surface area (Å²) >= 11 is 6.01. The van der Waals surface area contributed by atoms with E-state index in [9.17, 15) is 4.79 Å². The molecule has 158 valence electrons. The molecule has 8 nitrogen and oxygen atoms in total. The number of carbonyl (C=O) groups is 1. The predicted molar refractivity (Wildman–Crippen MR) is 118 cm³/mol. The fraction of sp³-hybridized carbons (Fsp3) is 0.0870. The van der Waals surface area contributed by atoms with E-state index >= 15 is 0 Å². The molecule has 5 rings (SSSR count). The third-order valence-electron chi connectivity index (χ3n) is 5.01. The van der Waals surface area contributed by atoms with Gasteiger partial charge in [-0.1, -0.05) is 28.9 Å². The minimum atomic E-state index is -0.388. The summed E-state index contributed by atoms with van der Waals surface area (Å²) in [6.45, 7) is 0.558. The van der Waals surface area contributed by atoms with Crippen LogP contribution in [0, 0.1) is 0 Å². The molecule has 0 aliphatic rings. The van der Waals surface area contributed by atoms with E-state index in [0.29, 0.717) is 28.6 Å². The highest BCUT2D eigenvalue weighted by molar-refractivity contribution is 6.30. The monoisotopic (exact) mass is 445 g/mol. The normalized spacial score (nSPS) is 11.1. The Morgan fingerprint density at radius 2 is 2.00 bits per heavy atom. The summed E-state index contributed by atoms with van der Waals surface area (Å²) in [6.07, 6.45) is 6.34. The van der Waals surface area contributed by atoms with Crippen LogP contribution in [-0.4, -0.2) is 37.6 Å². The summed E-state index contributed by atoms with van der Waals surface area (Å²) in [7, 11) is 1.58. The molecule has 0 N–H and O–H groups in total. The first kappa shape index (κ1) is 19.9. The van der Waals surface area contributed by atoms with Gasteiger partial charge >= 0.3 is 0 Å². The molecule has 0 radical (unpaired) electrons. The standard InChI is InChI=1S/C23H16ClN5O3/c1-31-16-6-7-20-17(10-16)18(13-29(20)12-14-2-4-15(24)5-3-14)21(30)23-27-22(28-32-23)19-11-25-8-9-26-19/h2-11,13H,12H2,1H3. The van der Waals surface area contributed by atoms with E-state index in [0.717, 1.165) is 16.5 Å². The Labute approximate surface area is 187 Å². The molecule has 0 saturated heterocycles. The Morgan fingerprint density at radius 3 is 2.75 bits per heavy atom. The maximum Gasteiger partial charge on any atom is 0.299 e. The Morgan fingerprint density at radius 1 is 1.16 bits per heavy atom. The van der Waals surface area contributed by atoms with Crippen molar-refractivity contribution in [3.05, 3.63) is 89.3 Å². The number of methoxy groups -OCH3 is 1. The molecule has 0 spiro atoms. The van der Waals surface area contributed by atoms with Crippen molar-refractivity contribution in [1.82, 2.24) is 24.7 Å². The Hall–Kier alpha value is -4.04. The number of carbonyl (C=O) groups excluding carboxylic acids is 1. The summed E-state index contributed by atoms with van der Waals surface area (Å²) < 4.78 is 12.6. The maximum absolute atomic E-state index is 13.3. The van der Waals surface area contributed by atoms with Crippen molar-refractivity contribution < 1.29 is 14.1 Å². The van der Waals surface area contributed by atoms with Gasteiger partial charge in [0, 0.05) is 41.1 Å². The van der Waals surface area contributed by atoms with E-state index in [1.54, 1.807) is 19.5 Å². The van der Waals surface area contributed by atoms with E-state index in [2.05, 4.69) is 20.1 Å². The van der Waals surface area contributed by atoms with Crippen LogP contribution in [0.2, 0.25) is 5.02 Å². The molecule has 0 unspecified atom stereocenters. The van der Waals surface area contributed by atoms with Crippen LogP contribution in [0.4, 0.5) is 0 Å². The second-order valence-corrected chi connectivity index (χ2v) is 7.46. The number of rotatable bonds is 6. The zero-order valence-corrected chi connectivity index (χ0v) is 17.7. The first-order valence-corrected chi connectivity index (χ1v) is 10.1. The quantitative estimate of drug-likeness (QED) is 0.357. The molecule has 0 atom stereocenters. The van der Waals surface area contributed by atoms with E-state index in [1.807, 2.05) is 47.0 Å². The number of hydrogen-bond acceptors (Lipinski definition) is 7. The maximum atomic E-state index is 13.3. The average molecular weight is 446 g/mol. The van der Waals surface area contributed by atoms with Crippen molar-refractivity contribution in [2.24, 2.45) is 0 Å². The van der Waals surface area contributed by atoms with Crippen molar-refractivity contribution in [2.75, 3.05) is 7.11 Å². The first-order chi connectivity index (χ1) is 15.6. The molecule has 0 aliphatic heterocycles. The van der Waals surface area contributed by atoms with Crippen LogP contribution >= 0.6 is 11.6 Å². The van der Waals surface area contributed by atoms with Gasteiger partial charge in [0.05, 0.1) is 18.9 Å². The van der Waals surface area contributed by atoms with Crippen LogP contribution in [0.3, 0.4) is 0 Å². The molecule has 3 heterocycles.